The van der Waals surface area contributed by atoms with Crippen LogP contribution < -0.4 is 5.73 Å². The average Bonchev–Trinajstić information content (AvgIpc) is 2.49. The molecule has 0 saturated heterocycles. The standard InChI is InChI=1S/C13H15N/c14-13-8-4-3-7-12(13)11-6-2-1-5-10(11)9-13/h1-6,12H,7-9,14H2/t12-,13-/m0/s1. The van der Waals surface area contributed by atoms with Crippen molar-refractivity contribution in [2.75, 3.05) is 0 Å². The molecule has 1 heteroatoms. The number of rotatable bonds is 0. The van der Waals surface area contributed by atoms with E-state index in [0.717, 1.165) is 19.3 Å². The van der Waals surface area contributed by atoms with Crippen LogP contribution in [0.1, 0.15) is 29.9 Å². The lowest BCUT2D eigenvalue weighted by Crippen LogP contribution is -2.44. The normalized spacial score (nSPS) is 33.9. The van der Waals surface area contributed by atoms with Gasteiger partial charge in [0.15, 0.2) is 0 Å². The van der Waals surface area contributed by atoms with Crippen LogP contribution in [0, 0.1) is 0 Å². The molecule has 0 fully saturated rings. The lowest BCUT2D eigenvalue weighted by Gasteiger charge is -2.33. The van der Waals surface area contributed by atoms with E-state index in [2.05, 4.69) is 36.4 Å². The van der Waals surface area contributed by atoms with Crippen LogP contribution in [0.3, 0.4) is 0 Å². The molecule has 1 nitrogen and oxygen atoms in total. The van der Waals surface area contributed by atoms with Gasteiger partial charge in [0.2, 0.25) is 0 Å². The number of fused-ring (bicyclic) bond motifs is 3. The highest BCUT2D eigenvalue weighted by molar-refractivity contribution is 5.42. The number of nitrogens with two attached hydrogens (primary N) is 1. The van der Waals surface area contributed by atoms with Crippen LogP contribution >= 0.6 is 0 Å². The van der Waals surface area contributed by atoms with Crippen molar-refractivity contribution >= 4 is 0 Å². The van der Waals surface area contributed by atoms with Gasteiger partial charge in [-0.3, -0.25) is 0 Å². The van der Waals surface area contributed by atoms with Gasteiger partial charge in [-0.1, -0.05) is 36.4 Å². The second-order valence-electron chi connectivity index (χ2n) is 4.57. The molecule has 0 saturated carbocycles. The Morgan fingerprint density at radius 1 is 1.21 bits per heavy atom. The van der Waals surface area contributed by atoms with Gasteiger partial charge in [-0.15, -0.1) is 0 Å². The van der Waals surface area contributed by atoms with Crippen molar-refractivity contribution in [3.8, 4) is 0 Å². The third-order valence-electron chi connectivity index (χ3n) is 3.68. The third kappa shape index (κ3) is 0.992. The van der Waals surface area contributed by atoms with E-state index < -0.39 is 0 Å². The first-order chi connectivity index (χ1) is 6.80. The third-order valence-corrected chi connectivity index (χ3v) is 3.68. The van der Waals surface area contributed by atoms with E-state index in [1.165, 1.54) is 11.1 Å². The first kappa shape index (κ1) is 8.25. The van der Waals surface area contributed by atoms with Gasteiger partial charge in [-0.25, -0.2) is 0 Å². The smallest absolute Gasteiger partial charge is 0.0302 e. The lowest BCUT2D eigenvalue weighted by atomic mass is 9.77. The first-order valence-electron chi connectivity index (χ1n) is 5.31. The molecule has 0 radical (unpaired) electrons. The maximum Gasteiger partial charge on any atom is 0.0302 e. The fraction of sp³-hybridized carbons (Fsp3) is 0.385. The molecule has 0 unspecified atom stereocenters. The molecule has 2 N–H and O–H groups in total. The maximum atomic E-state index is 6.46. The topological polar surface area (TPSA) is 26.0 Å². The highest BCUT2D eigenvalue weighted by Gasteiger charge is 2.42. The van der Waals surface area contributed by atoms with Crippen molar-refractivity contribution < 1.29 is 0 Å². The van der Waals surface area contributed by atoms with Gasteiger partial charge >= 0.3 is 0 Å². The van der Waals surface area contributed by atoms with Gasteiger partial charge in [0, 0.05) is 11.5 Å². The second kappa shape index (κ2) is 2.71. The molecule has 0 amide bonds. The van der Waals surface area contributed by atoms with Crippen LogP contribution in [-0.4, -0.2) is 5.54 Å². The minimum absolute atomic E-state index is 0.0123. The maximum absolute atomic E-state index is 6.46. The Kier molecular flexibility index (Phi) is 1.59. The van der Waals surface area contributed by atoms with Crippen molar-refractivity contribution in [1.29, 1.82) is 0 Å². The van der Waals surface area contributed by atoms with Gasteiger partial charge < -0.3 is 5.73 Å². The highest BCUT2D eigenvalue weighted by Crippen LogP contribution is 2.45. The minimum atomic E-state index is 0.0123. The number of benzene rings is 1. The van der Waals surface area contributed by atoms with Crippen molar-refractivity contribution in [2.24, 2.45) is 5.73 Å². The Hall–Kier alpha value is -1.08. The van der Waals surface area contributed by atoms with E-state index in [-0.39, 0.29) is 5.54 Å². The first-order valence-corrected chi connectivity index (χ1v) is 5.31. The highest BCUT2D eigenvalue weighted by atomic mass is 14.8. The summed E-state index contributed by atoms with van der Waals surface area (Å²) >= 11 is 0. The fourth-order valence-corrected chi connectivity index (χ4v) is 2.93. The van der Waals surface area contributed by atoms with Crippen LogP contribution in [0.25, 0.3) is 0 Å². The zero-order valence-electron chi connectivity index (χ0n) is 8.24. The number of allylic oxidation sites excluding steroid dienone is 1. The van der Waals surface area contributed by atoms with E-state index >= 15 is 0 Å². The summed E-state index contributed by atoms with van der Waals surface area (Å²) in [5, 5.41) is 0. The summed E-state index contributed by atoms with van der Waals surface area (Å²) in [7, 11) is 0. The van der Waals surface area contributed by atoms with Crippen LogP contribution in [-0.2, 0) is 6.42 Å². The van der Waals surface area contributed by atoms with E-state index in [1.807, 2.05) is 0 Å². The SMILES string of the molecule is N[C@]12CC=CC[C@H]1c1ccccc1C2. The number of hydrogen-bond acceptors (Lipinski definition) is 1. The number of hydrogen-bond donors (Lipinski definition) is 1. The fourth-order valence-electron chi connectivity index (χ4n) is 2.93. The Labute approximate surface area is 84.6 Å². The van der Waals surface area contributed by atoms with E-state index in [0.29, 0.717) is 5.92 Å². The summed E-state index contributed by atoms with van der Waals surface area (Å²) in [6.07, 6.45) is 7.72. The molecular formula is C13H15N. The lowest BCUT2D eigenvalue weighted by molar-refractivity contribution is 0.362. The molecule has 72 valence electrons. The van der Waals surface area contributed by atoms with Gasteiger partial charge in [-0.05, 0) is 30.4 Å². The van der Waals surface area contributed by atoms with Crippen LogP contribution in [0.15, 0.2) is 36.4 Å². The molecule has 0 spiro atoms. The molecule has 0 aliphatic heterocycles. The Morgan fingerprint density at radius 2 is 2.07 bits per heavy atom. The summed E-state index contributed by atoms with van der Waals surface area (Å²) in [5.74, 6) is 0.559. The minimum Gasteiger partial charge on any atom is -0.324 e. The summed E-state index contributed by atoms with van der Waals surface area (Å²) in [5.41, 5.74) is 9.42. The van der Waals surface area contributed by atoms with E-state index in [9.17, 15) is 0 Å². The monoisotopic (exact) mass is 185 g/mol. The largest absolute Gasteiger partial charge is 0.324 e. The predicted molar refractivity (Wildman–Crippen MR) is 58.2 cm³/mol. The van der Waals surface area contributed by atoms with Crippen molar-refractivity contribution in [1.82, 2.24) is 0 Å². The molecule has 1 aromatic rings. The Bertz CT molecular complexity index is 394. The van der Waals surface area contributed by atoms with Crippen LogP contribution in [0.2, 0.25) is 0 Å². The van der Waals surface area contributed by atoms with Gasteiger partial charge in [-0.2, -0.15) is 0 Å². The Morgan fingerprint density at radius 3 is 3.00 bits per heavy atom. The molecule has 2 aliphatic rings. The molecule has 3 rings (SSSR count). The zero-order chi connectivity index (χ0) is 9.60. The van der Waals surface area contributed by atoms with E-state index in [4.69, 9.17) is 5.73 Å². The van der Waals surface area contributed by atoms with Gasteiger partial charge in [0.1, 0.15) is 0 Å². The van der Waals surface area contributed by atoms with Crippen molar-refractivity contribution in [3.05, 3.63) is 47.5 Å². The second-order valence-corrected chi connectivity index (χ2v) is 4.57. The van der Waals surface area contributed by atoms with Crippen LogP contribution in [0.4, 0.5) is 0 Å². The molecular weight excluding hydrogens is 170 g/mol. The summed E-state index contributed by atoms with van der Waals surface area (Å²) in [6.45, 7) is 0. The molecule has 0 aromatic heterocycles. The molecule has 2 atom stereocenters. The average molecular weight is 185 g/mol. The quantitative estimate of drug-likeness (QED) is 0.617. The van der Waals surface area contributed by atoms with Crippen molar-refractivity contribution in [3.63, 3.8) is 0 Å². The molecule has 1 aromatic carbocycles. The van der Waals surface area contributed by atoms with Crippen molar-refractivity contribution in [2.45, 2.75) is 30.7 Å². The zero-order valence-corrected chi connectivity index (χ0v) is 8.24. The molecule has 0 heterocycles. The predicted octanol–water partition coefficient (Wildman–Crippen LogP) is 2.37. The Balaban J connectivity index is 2.11. The summed E-state index contributed by atoms with van der Waals surface area (Å²) in [6, 6.07) is 8.71. The van der Waals surface area contributed by atoms with Crippen LogP contribution in [0.5, 0.6) is 0 Å². The van der Waals surface area contributed by atoms with Gasteiger partial charge in [0.25, 0.3) is 0 Å². The van der Waals surface area contributed by atoms with Gasteiger partial charge in [0.05, 0.1) is 0 Å². The van der Waals surface area contributed by atoms with E-state index in [1.54, 1.807) is 0 Å². The molecule has 14 heavy (non-hydrogen) atoms. The molecule has 2 aliphatic carbocycles. The molecule has 0 bridgehead atoms. The summed E-state index contributed by atoms with van der Waals surface area (Å²) < 4.78 is 0. The summed E-state index contributed by atoms with van der Waals surface area (Å²) in [4.78, 5) is 0.